The molecule has 176 valence electrons. The minimum atomic E-state index is -4.76. The third-order valence-electron chi connectivity index (χ3n) is 5.30. The number of hydrogen-bond donors (Lipinski definition) is 4. The number of nitrogens with zero attached hydrogens (tertiary/aromatic N) is 1. The summed E-state index contributed by atoms with van der Waals surface area (Å²) in [4.78, 5) is 39.7. The van der Waals surface area contributed by atoms with Crippen LogP contribution in [0.15, 0.2) is 24.3 Å². The summed E-state index contributed by atoms with van der Waals surface area (Å²) in [5.41, 5.74) is 0.463. The summed E-state index contributed by atoms with van der Waals surface area (Å²) in [6, 6.07) is 5.02. The Balaban J connectivity index is 1.74. The number of amides is 3. The molecule has 0 saturated carbocycles. The first-order valence-corrected chi connectivity index (χ1v) is 10.1. The van der Waals surface area contributed by atoms with Crippen molar-refractivity contribution in [3.8, 4) is 11.8 Å². The summed E-state index contributed by atoms with van der Waals surface area (Å²) >= 11 is 0. The summed E-state index contributed by atoms with van der Waals surface area (Å²) in [5.74, 6) is -2.44. The Morgan fingerprint density at radius 3 is 2.70 bits per heavy atom. The molecule has 0 radical (unpaired) electrons. The molecule has 0 spiro atoms. The summed E-state index contributed by atoms with van der Waals surface area (Å²) in [6.07, 6.45) is -5.97. The number of hydrogen-bond acceptors (Lipinski definition) is 5. The summed E-state index contributed by atoms with van der Waals surface area (Å²) in [5, 5.41) is 16.7. The van der Waals surface area contributed by atoms with Crippen molar-refractivity contribution >= 4 is 28.6 Å². The average molecular weight is 465 g/mol. The van der Waals surface area contributed by atoms with E-state index in [-0.39, 0.29) is 18.0 Å². The minimum Gasteiger partial charge on any atom is -0.496 e. The van der Waals surface area contributed by atoms with Gasteiger partial charge in [-0.25, -0.2) is 0 Å². The molecule has 0 bridgehead atoms. The fourth-order valence-electron chi connectivity index (χ4n) is 3.68. The lowest BCUT2D eigenvalue weighted by molar-refractivity contribution is -0.149. The van der Waals surface area contributed by atoms with Gasteiger partial charge in [0.2, 0.25) is 11.8 Å². The third kappa shape index (κ3) is 5.94. The molecule has 1 fully saturated rings. The van der Waals surface area contributed by atoms with E-state index >= 15 is 0 Å². The van der Waals surface area contributed by atoms with Gasteiger partial charge in [-0.1, -0.05) is 6.07 Å². The Morgan fingerprint density at radius 2 is 2.09 bits per heavy atom. The van der Waals surface area contributed by atoms with Crippen LogP contribution in [-0.2, 0) is 9.59 Å². The fourth-order valence-corrected chi connectivity index (χ4v) is 3.68. The van der Waals surface area contributed by atoms with Crippen molar-refractivity contribution in [2.24, 2.45) is 5.92 Å². The number of benzene rings is 1. The van der Waals surface area contributed by atoms with Crippen molar-refractivity contribution in [2.45, 2.75) is 37.5 Å². The molecular weight excluding hydrogens is 443 g/mol. The monoisotopic (exact) mass is 465 g/mol. The molecule has 3 unspecified atom stereocenters. The van der Waals surface area contributed by atoms with Gasteiger partial charge in [0, 0.05) is 23.4 Å². The van der Waals surface area contributed by atoms with Crippen LogP contribution >= 0.6 is 0 Å². The zero-order valence-corrected chi connectivity index (χ0v) is 17.6. The van der Waals surface area contributed by atoms with E-state index < -0.39 is 42.4 Å². The van der Waals surface area contributed by atoms with Crippen molar-refractivity contribution in [1.29, 1.82) is 5.26 Å². The molecule has 0 aliphatic carbocycles. The number of ether oxygens (including phenoxy) is 1. The number of carbonyl (C=O) groups excluding carboxylic acids is 3. The van der Waals surface area contributed by atoms with E-state index in [9.17, 15) is 32.8 Å². The van der Waals surface area contributed by atoms with Gasteiger partial charge >= 0.3 is 6.18 Å². The van der Waals surface area contributed by atoms with E-state index in [0.29, 0.717) is 29.6 Å². The van der Waals surface area contributed by atoms with E-state index in [1.165, 1.54) is 13.2 Å². The van der Waals surface area contributed by atoms with Gasteiger partial charge in [-0.2, -0.15) is 18.4 Å². The van der Waals surface area contributed by atoms with Crippen LogP contribution in [0.3, 0.4) is 0 Å². The topological polar surface area (TPSA) is 136 Å². The van der Waals surface area contributed by atoms with Gasteiger partial charge in [0.15, 0.2) is 0 Å². The van der Waals surface area contributed by atoms with Crippen LogP contribution in [0.5, 0.6) is 5.75 Å². The number of carbonyl (C=O) groups is 3. The van der Waals surface area contributed by atoms with Crippen LogP contribution < -0.4 is 20.7 Å². The average Bonchev–Trinajstić information content (AvgIpc) is 3.37. The number of aromatic amines is 1. The number of fused-ring (bicyclic) bond motifs is 1. The lowest BCUT2D eigenvalue weighted by Gasteiger charge is -2.22. The van der Waals surface area contributed by atoms with Crippen molar-refractivity contribution in [3.63, 3.8) is 0 Å². The lowest BCUT2D eigenvalue weighted by Crippen LogP contribution is -2.51. The van der Waals surface area contributed by atoms with Crippen LogP contribution in [0, 0.1) is 17.2 Å². The van der Waals surface area contributed by atoms with Crippen molar-refractivity contribution < 1.29 is 32.3 Å². The first-order valence-electron chi connectivity index (χ1n) is 10.1. The molecule has 1 aromatic carbocycles. The fraction of sp³-hybridized carbons (Fsp3) is 0.429. The Hall–Kier alpha value is -3.75. The van der Waals surface area contributed by atoms with E-state index in [2.05, 4.69) is 20.9 Å². The molecule has 1 aromatic heterocycles. The maximum absolute atomic E-state index is 13.1. The first kappa shape index (κ1) is 23.9. The minimum absolute atomic E-state index is 0.0391. The zero-order valence-electron chi connectivity index (χ0n) is 17.6. The van der Waals surface area contributed by atoms with Crippen LogP contribution in [0.25, 0.3) is 10.9 Å². The third-order valence-corrected chi connectivity index (χ3v) is 5.30. The van der Waals surface area contributed by atoms with Gasteiger partial charge in [-0.05, 0) is 31.0 Å². The zero-order chi connectivity index (χ0) is 24.2. The molecule has 1 saturated heterocycles. The Labute approximate surface area is 186 Å². The number of halogens is 3. The molecule has 1 aliphatic heterocycles. The van der Waals surface area contributed by atoms with E-state index in [4.69, 9.17) is 4.74 Å². The molecular formula is C21H22F3N5O4. The van der Waals surface area contributed by atoms with Crippen LogP contribution in [0.2, 0.25) is 0 Å². The Kier molecular flexibility index (Phi) is 7.10. The summed E-state index contributed by atoms with van der Waals surface area (Å²) in [7, 11) is 1.44. The number of methoxy groups -OCH3 is 1. The lowest BCUT2D eigenvalue weighted by atomic mass is 9.98. The van der Waals surface area contributed by atoms with Crippen LogP contribution in [0.1, 0.15) is 29.8 Å². The van der Waals surface area contributed by atoms with Crippen molar-refractivity contribution in [2.75, 3.05) is 13.7 Å². The van der Waals surface area contributed by atoms with Crippen molar-refractivity contribution in [1.82, 2.24) is 20.9 Å². The Bertz CT molecular complexity index is 1090. The highest BCUT2D eigenvalue weighted by Gasteiger charge is 2.38. The van der Waals surface area contributed by atoms with Gasteiger partial charge in [-0.3, -0.25) is 14.4 Å². The molecule has 3 rings (SSSR count). The first-order chi connectivity index (χ1) is 15.6. The maximum atomic E-state index is 13.1. The van der Waals surface area contributed by atoms with Crippen molar-refractivity contribution in [3.05, 3.63) is 30.0 Å². The van der Waals surface area contributed by atoms with E-state index in [0.717, 1.165) is 0 Å². The predicted molar refractivity (Wildman–Crippen MR) is 110 cm³/mol. The molecule has 2 aromatic rings. The molecule has 12 heteroatoms. The normalized spacial score (nSPS) is 17.7. The highest BCUT2D eigenvalue weighted by molar-refractivity contribution is 6.01. The van der Waals surface area contributed by atoms with Gasteiger partial charge < -0.3 is 25.7 Å². The quantitative estimate of drug-likeness (QED) is 0.471. The van der Waals surface area contributed by atoms with Gasteiger partial charge in [0.05, 0.1) is 19.6 Å². The predicted octanol–water partition coefficient (Wildman–Crippen LogP) is 1.76. The van der Waals surface area contributed by atoms with Gasteiger partial charge in [0.1, 0.15) is 23.5 Å². The molecule has 9 nitrogen and oxygen atoms in total. The molecule has 3 amide bonds. The molecule has 1 aliphatic rings. The number of rotatable bonds is 8. The number of H-pyrrole nitrogens is 1. The SMILES string of the molecule is COc1cccc2[nH]c(C(=O)NC(CC(F)(F)F)C(=O)NC(C#N)CC3CCNC3=O)cc12. The summed E-state index contributed by atoms with van der Waals surface area (Å²) in [6.45, 7) is 0.428. The molecule has 4 N–H and O–H groups in total. The smallest absolute Gasteiger partial charge is 0.391 e. The Morgan fingerprint density at radius 1 is 1.33 bits per heavy atom. The molecule has 3 atom stereocenters. The largest absolute Gasteiger partial charge is 0.496 e. The van der Waals surface area contributed by atoms with Gasteiger partial charge in [0.25, 0.3) is 5.91 Å². The second-order valence-electron chi connectivity index (χ2n) is 7.65. The highest BCUT2D eigenvalue weighted by Crippen LogP contribution is 2.27. The van der Waals surface area contributed by atoms with E-state index in [1.54, 1.807) is 24.3 Å². The van der Waals surface area contributed by atoms with Gasteiger partial charge in [-0.15, -0.1) is 0 Å². The highest BCUT2D eigenvalue weighted by atomic mass is 19.4. The number of nitriles is 1. The second kappa shape index (κ2) is 9.81. The second-order valence-corrected chi connectivity index (χ2v) is 7.65. The van der Waals surface area contributed by atoms with E-state index in [1.807, 2.05) is 0 Å². The molecule has 2 heterocycles. The maximum Gasteiger partial charge on any atom is 0.391 e. The van der Waals surface area contributed by atoms with Crippen LogP contribution in [0.4, 0.5) is 13.2 Å². The standard InChI is InChI=1S/C21H22F3N5O4/c1-33-17-4-2-3-14-13(17)8-15(28-14)19(31)29-16(9-21(22,23)24)20(32)27-12(10-25)7-11-5-6-26-18(11)30/h2-4,8,11-12,16,28H,5-7,9H2,1H3,(H,26,30)(H,27,32)(H,29,31). The number of aromatic nitrogens is 1. The summed E-state index contributed by atoms with van der Waals surface area (Å²) < 4.78 is 44.5. The molecule has 33 heavy (non-hydrogen) atoms. The number of nitrogens with one attached hydrogen (secondary N) is 4. The number of alkyl halides is 3. The van der Waals surface area contributed by atoms with Crippen LogP contribution in [-0.4, -0.2) is 54.6 Å².